The zero-order chi connectivity index (χ0) is 24.3. The van der Waals surface area contributed by atoms with E-state index in [2.05, 4.69) is 59.6 Å². The lowest BCUT2D eigenvalue weighted by Crippen LogP contribution is -2.38. The molecule has 1 aromatic carbocycles. The van der Waals surface area contributed by atoms with E-state index >= 15 is 0 Å². The lowest BCUT2D eigenvalue weighted by Gasteiger charge is -2.26. The Hall–Kier alpha value is -0.733. The molecule has 1 saturated heterocycles. The zero-order valence-electron chi connectivity index (χ0n) is 21.6. The Morgan fingerprint density at radius 2 is 1.72 bits per heavy atom. The number of aliphatic hydroxyl groups excluding tert-OH is 1. The van der Waals surface area contributed by atoms with Crippen LogP contribution in [0.5, 0.6) is 0 Å². The first kappa shape index (κ1) is 27.5. The Morgan fingerprint density at radius 3 is 2.22 bits per heavy atom. The topological polar surface area (TPSA) is 70.9 Å². The molecule has 0 aliphatic carbocycles. The molecule has 1 heterocycles. The van der Waals surface area contributed by atoms with E-state index in [1.54, 1.807) is 0 Å². The number of hydrogen-bond acceptors (Lipinski definition) is 5. The summed E-state index contributed by atoms with van der Waals surface area (Å²) in [7, 11) is -4.41. The first-order valence-corrected chi connectivity index (χ1v) is 17.2. The van der Waals surface area contributed by atoms with E-state index in [0.29, 0.717) is 18.3 Å². The Morgan fingerprint density at radius 1 is 1.12 bits per heavy atom. The molecule has 0 saturated carbocycles. The van der Waals surface area contributed by atoms with Crippen LogP contribution in [0.4, 0.5) is 0 Å². The molecule has 1 fully saturated rings. The van der Waals surface area contributed by atoms with Crippen molar-refractivity contribution in [3.63, 3.8) is 0 Å². The first-order valence-electron chi connectivity index (χ1n) is 12.1. The van der Waals surface area contributed by atoms with E-state index in [9.17, 15) is 9.32 Å². The molecule has 0 bridgehead atoms. The van der Waals surface area contributed by atoms with Crippen molar-refractivity contribution >= 4 is 18.0 Å². The molecule has 6 atom stereocenters. The number of aryl methyl sites for hydroxylation is 1. The molecule has 0 spiro atoms. The summed E-state index contributed by atoms with van der Waals surface area (Å²) in [6, 6.07) is 7.79. The van der Waals surface area contributed by atoms with Gasteiger partial charge in [-0.1, -0.05) is 52.3 Å². The van der Waals surface area contributed by atoms with E-state index in [1.807, 2.05) is 31.2 Å². The molecule has 0 amide bonds. The fourth-order valence-electron chi connectivity index (χ4n) is 4.14. The van der Waals surface area contributed by atoms with E-state index < -0.39 is 24.2 Å². The fraction of sp³-hybridized carbons (Fsp3) is 0.760. The smallest absolute Gasteiger partial charge is 0.183 e. The number of nitrogens with one attached hydrogen (secondary N) is 1. The van der Waals surface area contributed by atoms with Crippen molar-refractivity contribution in [1.82, 2.24) is 5.32 Å². The minimum Gasteiger partial charge on any atom is -0.415 e. The summed E-state index contributed by atoms with van der Waals surface area (Å²) in [6.45, 7) is 19.7. The second kappa shape index (κ2) is 11.1. The van der Waals surface area contributed by atoms with Crippen LogP contribution in [-0.4, -0.2) is 54.2 Å². The van der Waals surface area contributed by atoms with Crippen molar-refractivity contribution < 1.29 is 13.7 Å². The van der Waals surface area contributed by atoms with Crippen LogP contribution in [0.2, 0.25) is 19.6 Å². The second-order valence-electron chi connectivity index (χ2n) is 11.3. The Balaban J connectivity index is 2.42. The number of rotatable bonds is 10. The maximum atomic E-state index is 14.5. The predicted molar refractivity (Wildman–Crippen MR) is 138 cm³/mol. The van der Waals surface area contributed by atoms with Crippen molar-refractivity contribution in [2.45, 2.75) is 96.7 Å². The first-order chi connectivity index (χ1) is 14.7. The summed E-state index contributed by atoms with van der Waals surface area (Å²) in [4.78, 5) is 0.776. The highest BCUT2D eigenvalue weighted by Gasteiger charge is 2.41. The summed E-state index contributed by atoms with van der Waals surface area (Å²) in [5.41, 5.74) is 1.14. The minimum absolute atomic E-state index is 0.0240. The van der Waals surface area contributed by atoms with Gasteiger partial charge >= 0.3 is 0 Å². The van der Waals surface area contributed by atoms with Crippen LogP contribution >= 0.6 is 0 Å². The van der Waals surface area contributed by atoms with Gasteiger partial charge in [-0.15, -0.1) is 0 Å². The summed E-state index contributed by atoms with van der Waals surface area (Å²) < 4.78 is 25.8. The monoisotopic (exact) mass is 482 g/mol. The van der Waals surface area contributed by atoms with Gasteiger partial charge in [0, 0.05) is 17.0 Å². The third-order valence-corrected chi connectivity index (χ3v) is 9.76. The number of benzene rings is 1. The molecule has 1 aliphatic rings. The van der Waals surface area contributed by atoms with Gasteiger partial charge in [-0.05, 0) is 62.9 Å². The van der Waals surface area contributed by atoms with E-state index in [0.717, 1.165) is 16.9 Å². The maximum absolute atomic E-state index is 14.5. The van der Waals surface area contributed by atoms with Gasteiger partial charge in [0.1, 0.15) is 0 Å². The molecule has 1 aliphatic heterocycles. The minimum atomic E-state index is -2.70. The van der Waals surface area contributed by atoms with Crippen LogP contribution in [0.1, 0.15) is 46.6 Å². The molecule has 2 N–H and O–H groups in total. The number of aliphatic hydroxyl groups is 1. The standard InChI is InChI=1S/C25H46N2O3SSi/c1-17(2)14-22-25(28)20(6)24(26-22)16-31(29,21-12-10-19(5)11-13-21)27-23(18(3)4)15-30-32(7,8)9/h10-13,17-18,20,22-26,28H,14-16H2,1-9H3/t20-,22-,23-,24-,25-,31+/m0/s1. The maximum Gasteiger partial charge on any atom is 0.183 e. The molecule has 1 aromatic rings. The summed E-state index contributed by atoms with van der Waals surface area (Å²) in [6.07, 6.45) is 0.476. The quantitative estimate of drug-likeness (QED) is 0.456. The average molecular weight is 483 g/mol. The van der Waals surface area contributed by atoms with Gasteiger partial charge < -0.3 is 14.8 Å². The molecule has 5 nitrogen and oxygen atoms in total. The van der Waals surface area contributed by atoms with Crippen LogP contribution in [0, 0.1) is 24.7 Å². The van der Waals surface area contributed by atoms with Crippen molar-refractivity contribution in [3.05, 3.63) is 29.8 Å². The second-order valence-corrected chi connectivity index (χ2v) is 18.1. The molecule has 7 heteroatoms. The lowest BCUT2D eigenvalue weighted by atomic mass is 9.95. The lowest BCUT2D eigenvalue weighted by molar-refractivity contribution is 0.113. The third-order valence-electron chi connectivity index (χ3n) is 6.30. The van der Waals surface area contributed by atoms with Gasteiger partial charge in [0.15, 0.2) is 8.32 Å². The van der Waals surface area contributed by atoms with E-state index in [1.165, 1.54) is 0 Å². The summed E-state index contributed by atoms with van der Waals surface area (Å²) in [5, 5.41) is 14.4. The van der Waals surface area contributed by atoms with Crippen LogP contribution < -0.4 is 5.32 Å². The van der Waals surface area contributed by atoms with Gasteiger partial charge in [0.05, 0.1) is 34.2 Å². The largest absolute Gasteiger partial charge is 0.415 e. The van der Waals surface area contributed by atoms with Crippen LogP contribution in [0.3, 0.4) is 0 Å². The Bertz CT molecular complexity index is 842. The van der Waals surface area contributed by atoms with Gasteiger partial charge in [0.2, 0.25) is 0 Å². The molecule has 32 heavy (non-hydrogen) atoms. The van der Waals surface area contributed by atoms with Crippen LogP contribution in [0.15, 0.2) is 33.5 Å². The average Bonchev–Trinajstić information content (AvgIpc) is 2.91. The van der Waals surface area contributed by atoms with Crippen molar-refractivity contribution in [3.8, 4) is 0 Å². The highest BCUT2D eigenvalue weighted by molar-refractivity contribution is 7.93. The van der Waals surface area contributed by atoms with E-state index in [4.69, 9.17) is 8.79 Å². The van der Waals surface area contributed by atoms with Gasteiger partial charge in [-0.2, -0.15) is 0 Å². The molecule has 2 rings (SSSR count). The van der Waals surface area contributed by atoms with E-state index in [-0.39, 0.29) is 30.0 Å². The molecule has 0 unspecified atom stereocenters. The number of hydrogen-bond donors (Lipinski definition) is 2. The molecule has 0 aromatic heterocycles. The Labute approximate surface area is 198 Å². The molecule has 184 valence electrons. The SMILES string of the molecule is Cc1ccc([S@](=O)(C[C@@H]2N[C@@H](CC(C)C)[C@@H](O)[C@H]2C)=N[C@@H](CO[Si](C)(C)C)C(C)C)cc1. The molecule has 0 radical (unpaired) electrons. The van der Waals surface area contributed by atoms with Gasteiger partial charge in [-0.25, -0.2) is 8.57 Å². The fourth-order valence-corrected chi connectivity index (χ4v) is 7.40. The van der Waals surface area contributed by atoms with Crippen molar-refractivity contribution in [1.29, 1.82) is 0 Å². The van der Waals surface area contributed by atoms with Gasteiger partial charge in [-0.3, -0.25) is 0 Å². The summed E-state index contributed by atoms with van der Waals surface area (Å²) >= 11 is 0. The summed E-state index contributed by atoms with van der Waals surface area (Å²) in [5.74, 6) is 1.14. The van der Waals surface area contributed by atoms with Crippen LogP contribution in [0.25, 0.3) is 0 Å². The Kier molecular flexibility index (Phi) is 9.57. The molecular weight excluding hydrogens is 436 g/mol. The van der Waals surface area contributed by atoms with Crippen molar-refractivity contribution in [2.24, 2.45) is 22.1 Å². The van der Waals surface area contributed by atoms with Crippen molar-refractivity contribution in [2.75, 3.05) is 12.4 Å². The normalized spacial score (nSPS) is 27.0. The third kappa shape index (κ3) is 7.66. The zero-order valence-corrected chi connectivity index (χ0v) is 23.4. The van der Waals surface area contributed by atoms with Crippen LogP contribution in [-0.2, 0) is 14.2 Å². The predicted octanol–water partition coefficient (Wildman–Crippen LogP) is 5.08. The van der Waals surface area contributed by atoms with Gasteiger partial charge in [0.25, 0.3) is 0 Å². The molecular formula is C25H46N2O3SSi. The highest BCUT2D eigenvalue weighted by atomic mass is 32.2. The number of nitrogens with zero attached hydrogens (tertiary/aromatic N) is 1. The highest BCUT2D eigenvalue weighted by Crippen LogP contribution is 2.29.